The number of hydrogen-bond acceptors (Lipinski definition) is 0. The van der Waals surface area contributed by atoms with Crippen LogP contribution in [0.3, 0.4) is 0 Å². The summed E-state index contributed by atoms with van der Waals surface area (Å²) in [5.74, 6) is 0. The third-order valence-corrected chi connectivity index (χ3v) is 17.2. The quantitative estimate of drug-likeness (QED) is 0.0469. The summed E-state index contributed by atoms with van der Waals surface area (Å²) in [4.78, 5) is 0. The molecule has 0 radical (unpaired) electrons. The van der Waals surface area contributed by atoms with Gasteiger partial charge in [0.25, 0.3) is 0 Å². The molecular formula is C75H78. The van der Waals surface area contributed by atoms with E-state index in [1.807, 2.05) is 0 Å². The highest BCUT2D eigenvalue weighted by Gasteiger charge is 2.36. The number of aryl methyl sites for hydroxylation is 2. The van der Waals surface area contributed by atoms with Crippen molar-refractivity contribution in [1.29, 1.82) is 0 Å². The van der Waals surface area contributed by atoms with Crippen molar-refractivity contribution in [3.63, 3.8) is 0 Å². The molecule has 0 heteroatoms. The fourth-order valence-electron chi connectivity index (χ4n) is 13.2. The summed E-state index contributed by atoms with van der Waals surface area (Å²) in [6.45, 7) is 9.49. The molecule has 0 nitrogen and oxygen atoms in total. The standard InChI is InChI=1S/C75H78/c1-5-7-9-11-13-15-17-19-29-53-39-43-55(44-40-53)71-61-31-21-25-35-65(61)73(66-36-26-22-32-62(66)71)57-47-49-59-60-50-48-58(52-70(60)75(3,4)69(59)51-57)74-67-37-27-23-33-63(67)72(64-34-24-28-38-68(64)74)56-45-41-54(42-46-56)30-20-18-16-14-12-10-8-6-2/h21-28,31-52H,5-20,29-30H2,1-4H3. The van der Waals surface area contributed by atoms with Gasteiger partial charge in [-0.2, -0.15) is 0 Å². The smallest absolute Gasteiger partial charge is 0.0159 e. The molecule has 0 aromatic heterocycles. The van der Waals surface area contributed by atoms with Crippen LogP contribution in [0.4, 0.5) is 0 Å². The van der Waals surface area contributed by atoms with E-state index in [4.69, 9.17) is 0 Å². The number of unbranched alkanes of at least 4 members (excludes halogenated alkanes) is 14. The summed E-state index contributed by atoms with van der Waals surface area (Å²) in [5, 5.41) is 10.5. The molecule has 0 atom stereocenters. The highest BCUT2D eigenvalue weighted by molar-refractivity contribution is 6.23. The summed E-state index contributed by atoms with van der Waals surface area (Å²) in [6, 6.07) is 70.3. The van der Waals surface area contributed by atoms with Gasteiger partial charge in [-0.05, 0) is 159 Å². The first-order valence-electron chi connectivity index (χ1n) is 29.3. The molecular weight excluding hydrogens is 901 g/mol. The maximum atomic E-state index is 2.53. The molecule has 11 rings (SSSR count). The van der Waals surface area contributed by atoms with Crippen molar-refractivity contribution in [3.8, 4) is 55.6 Å². The van der Waals surface area contributed by atoms with Crippen molar-refractivity contribution in [1.82, 2.24) is 0 Å². The Labute approximate surface area is 449 Å². The Hall–Kier alpha value is -6.76. The van der Waals surface area contributed by atoms with Crippen molar-refractivity contribution in [2.24, 2.45) is 0 Å². The second-order valence-electron chi connectivity index (χ2n) is 22.7. The fraction of sp³-hybridized carbons (Fsp3) is 0.307. The molecule has 0 saturated carbocycles. The molecule has 378 valence electrons. The predicted octanol–water partition coefficient (Wildman–Crippen LogP) is 22.6. The van der Waals surface area contributed by atoms with E-state index in [2.05, 4.69) is 210 Å². The third kappa shape index (κ3) is 10.2. The number of fused-ring (bicyclic) bond motifs is 7. The zero-order valence-electron chi connectivity index (χ0n) is 45.5. The average Bonchev–Trinajstić information content (AvgIpc) is 3.70. The molecule has 0 saturated heterocycles. The van der Waals surface area contributed by atoms with Crippen molar-refractivity contribution < 1.29 is 0 Å². The minimum Gasteiger partial charge on any atom is -0.0654 e. The summed E-state index contributed by atoms with van der Waals surface area (Å²) < 4.78 is 0. The van der Waals surface area contributed by atoms with Gasteiger partial charge in [-0.3, -0.25) is 0 Å². The lowest BCUT2D eigenvalue weighted by atomic mass is 9.79. The van der Waals surface area contributed by atoms with Crippen LogP contribution in [0.1, 0.15) is 153 Å². The van der Waals surface area contributed by atoms with Gasteiger partial charge in [0, 0.05) is 5.41 Å². The van der Waals surface area contributed by atoms with Gasteiger partial charge in [-0.15, -0.1) is 0 Å². The molecule has 0 bridgehead atoms. The van der Waals surface area contributed by atoms with E-state index in [9.17, 15) is 0 Å². The summed E-state index contributed by atoms with van der Waals surface area (Å²) >= 11 is 0. The number of benzene rings is 10. The van der Waals surface area contributed by atoms with Crippen molar-refractivity contribution in [2.75, 3.05) is 0 Å². The van der Waals surface area contributed by atoms with Gasteiger partial charge in [-0.1, -0.05) is 287 Å². The molecule has 1 aliphatic rings. The Morgan fingerprint density at radius 3 is 0.813 bits per heavy atom. The van der Waals surface area contributed by atoms with E-state index in [0.717, 1.165) is 12.8 Å². The topological polar surface area (TPSA) is 0 Å². The third-order valence-electron chi connectivity index (χ3n) is 17.2. The predicted molar refractivity (Wildman–Crippen MR) is 328 cm³/mol. The van der Waals surface area contributed by atoms with E-state index in [0.29, 0.717) is 0 Å². The van der Waals surface area contributed by atoms with E-state index in [-0.39, 0.29) is 5.41 Å². The zero-order valence-corrected chi connectivity index (χ0v) is 45.5. The minimum absolute atomic E-state index is 0.208. The molecule has 0 N–H and O–H groups in total. The van der Waals surface area contributed by atoms with Crippen molar-refractivity contribution in [3.05, 3.63) is 204 Å². The van der Waals surface area contributed by atoms with Crippen LogP contribution in [0, 0.1) is 0 Å². The molecule has 0 heterocycles. The lowest BCUT2D eigenvalue weighted by molar-refractivity contribution is 0.575. The Morgan fingerprint density at radius 2 is 0.520 bits per heavy atom. The molecule has 0 aliphatic heterocycles. The Balaban J connectivity index is 0.898. The second-order valence-corrected chi connectivity index (χ2v) is 22.7. The van der Waals surface area contributed by atoms with Gasteiger partial charge in [0.1, 0.15) is 0 Å². The molecule has 10 aromatic rings. The first kappa shape index (κ1) is 50.4. The molecule has 0 fully saturated rings. The van der Waals surface area contributed by atoms with Crippen LogP contribution in [0.2, 0.25) is 0 Å². The van der Waals surface area contributed by atoms with Crippen LogP contribution >= 0.6 is 0 Å². The highest BCUT2D eigenvalue weighted by Crippen LogP contribution is 2.53. The van der Waals surface area contributed by atoms with E-state index in [1.54, 1.807) is 0 Å². The van der Waals surface area contributed by atoms with Gasteiger partial charge in [0.15, 0.2) is 0 Å². The van der Waals surface area contributed by atoms with Crippen LogP contribution < -0.4 is 0 Å². The molecule has 0 unspecified atom stereocenters. The van der Waals surface area contributed by atoms with Crippen LogP contribution in [-0.2, 0) is 18.3 Å². The molecule has 1 aliphatic carbocycles. The lowest BCUT2D eigenvalue weighted by Gasteiger charge is -2.24. The Kier molecular flexibility index (Phi) is 15.5. The minimum atomic E-state index is -0.208. The molecule has 75 heavy (non-hydrogen) atoms. The maximum Gasteiger partial charge on any atom is 0.0159 e. The number of hydrogen-bond donors (Lipinski definition) is 0. The monoisotopic (exact) mass is 979 g/mol. The average molecular weight is 979 g/mol. The zero-order chi connectivity index (χ0) is 51.1. The lowest BCUT2D eigenvalue weighted by Crippen LogP contribution is -2.15. The molecule has 0 amide bonds. The molecule has 10 aromatic carbocycles. The van der Waals surface area contributed by atoms with Gasteiger partial charge >= 0.3 is 0 Å². The Morgan fingerprint density at radius 1 is 0.267 bits per heavy atom. The van der Waals surface area contributed by atoms with E-state index >= 15 is 0 Å². The molecule has 0 spiro atoms. The summed E-state index contributed by atoms with van der Waals surface area (Å²) in [6.07, 6.45) is 24.0. The fourth-order valence-corrected chi connectivity index (χ4v) is 13.2. The van der Waals surface area contributed by atoms with Gasteiger partial charge in [0.2, 0.25) is 0 Å². The summed E-state index contributed by atoms with van der Waals surface area (Å²) in [7, 11) is 0. The van der Waals surface area contributed by atoms with Crippen molar-refractivity contribution in [2.45, 2.75) is 149 Å². The van der Waals surface area contributed by atoms with Crippen LogP contribution in [0.5, 0.6) is 0 Å². The van der Waals surface area contributed by atoms with Crippen molar-refractivity contribution >= 4 is 43.1 Å². The first-order valence-corrected chi connectivity index (χ1v) is 29.3. The van der Waals surface area contributed by atoms with Gasteiger partial charge in [0.05, 0.1) is 0 Å². The van der Waals surface area contributed by atoms with Crippen LogP contribution in [0.25, 0.3) is 98.7 Å². The normalized spacial score (nSPS) is 12.8. The largest absolute Gasteiger partial charge is 0.0654 e. The second kappa shape index (κ2) is 23.0. The van der Waals surface area contributed by atoms with Crippen LogP contribution in [-0.4, -0.2) is 0 Å². The van der Waals surface area contributed by atoms with Gasteiger partial charge in [-0.25, -0.2) is 0 Å². The number of rotatable bonds is 22. The van der Waals surface area contributed by atoms with E-state index < -0.39 is 0 Å². The summed E-state index contributed by atoms with van der Waals surface area (Å²) in [5.41, 5.74) is 18.6. The SMILES string of the molecule is CCCCCCCCCCc1ccc(-c2c3ccccc3c(-c3ccc4c(c3)C(C)(C)c3cc(-c5c6ccccc6c(-c6ccc(CCCCCCCCCC)cc6)c6ccccc56)ccc3-4)c3ccccc23)cc1. The van der Waals surface area contributed by atoms with Gasteiger partial charge < -0.3 is 0 Å². The van der Waals surface area contributed by atoms with Crippen LogP contribution in [0.15, 0.2) is 182 Å². The maximum absolute atomic E-state index is 2.53. The first-order chi connectivity index (χ1) is 36.9. The highest BCUT2D eigenvalue weighted by atomic mass is 14.4. The Bertz CT molecular complexity index is 3230. The van der Waals surface area contributed by atoms with E-state index in [1.165, 1.54) is 224 Å².